The molecule has 0 aliphatic rings. The first-order valence-corrected chi connectivity index (χ1v) is 19.3. The maximum Gasteiger partial charge on any atom is 0.0620 e. The molecule has 2 heterocycles. The number of anilines is 3. The van der Waals surface area contributed by atoms with Crippen molar-refractivity contribution in [2.75, 3.05) is 4.90 Å². The molecular weight excluding hydrogens is 677 g/mol. The summed E-state index contributed by atoms with van der Waals surface area (Å²) in [6, 6.07) is 79.2. The number of nitrogens with zero attached hydrogens (tertiary/aromatic N) is 2. The summed E-state index contributed by atoms with van der Waals surface area (Å²) in [7, 11) is 0. The molecule has 2 heteroatoms. The van der Waals surface area contributed by atoms with E-state index in [0.29, 0.717) is 0 Å². The monoisotopic (exact) mass is 712 g/mol. The predicted molar refractivity (Wildman–Crippen MR) is 238 cm³/mol. The second-order valence-corrected chi connectivity index (χ2v) is 14.6. The Hall–Kier alpha value is -7.42. The quantitative estimate of drug-likeness (QED) is 0.160. The van der Waals surface area contributed by atoms with Gasteiger partial charge < -0.3 is 9.30 Å². The van der Waals surface area contributed by atoms with Crippen molar-refractivity contribution in [3.05, 3.63) is 218 Å². The van der Waals surface area contributed by atoms with E-state index >= 15 is 0 Å². The van der Waals surface area contributed by atoms with E-state index in [1.165, 1.54) is 82.6 Å². The maximum atomic E-state index is 2.45. The molecule has 0 saturated heterocycles. The zero-order valence-electron chi connectivity index (χ0n) is 30.7. The lowest BCUT2D eigenvalue weighted by molar-refractivity contribution is 1.28. The van der Waals surface area contributed by atoms with Crippen LogP contribution in [0, 0.1) is 0 Å². The minimum absolute atomic E-state index is 1.10. The van der Waals surface area contributed by atoms with Crippen molar-refractivity contribution >= 4 is 55.2 Å². The van der Waals surface area contributed by atoms with E-state index < -0.39 is 0 Å². The molecule has 0 spiro atoms. The normalized spacial score (nSPS) is 11.6. The van der Waals surface area contributed by atoms with E-state index in [9.17, 15) is 0 Å². The van der Waals surface area contributed by atoms with E-state index in [1.54, 1.807) is 0 Å². The summed E-state index contributed by atoms with van der Waals surface area (Å²) in [5.74, 6) is 0. The van der Waals surface area contributed by atoms with Gasteiger partial charge >= 0.3 is 0 Å². The lowest BCUT2D eigenvalue weighted by atomic mass is 10.00. The van der Waals surface area contributed by atoms with E-state index in [-0.39, 0.29) is 0 Å². The first-order chi connectivity index (χ1) is 27.8. The molecule has 262 valence electrons. The topological polar surface area (TPSA) is 7.65 Å². The highest BCUT2D eigenvalue weighted by molar-refractivity contribution is 6.23. The summed E-state index contributed by atoms with van der Waals surface area (Å²) >= 11 is 0. The number of fused-ring (bicyclic) bond motifs is 6. The highest BCUT2D eigenvalue weighted by atomic mass is 15.1. The summed E-state index contributed by atoms with van der Waals surface area (Å²) < 4.78 is 2.45. The highest BCUT2D eigenvalue weighted by Gasteiger charge is 2.18. The summed E-state index contributed by atoms with van der Waals surface area (Å²) in [4.78, 5) is 2.35. The molecule has 0 bridgehead atoms. The largest absolute Gasteiger partial charge is 0.311 e. The molecule has 56 heavy (non-hydrogen) atoms. The third kappa shape index (κ3) is 5.34. The van der Waals surface area contributed by atoms with E-state index in [4.69, 9.17) is 0 Å². The molecular formula is C54H36N2. The zero-order chi connectivity index (χ0) is 37.0. The van der Waals surface area contributed by atoms with Crippen LogP contribution in [0.15, 0.2) is 218 Å². The lowest BCUT2D eigenvalue weighted by Crippen LogP contribution is -2.09. The van der Waals surface area contributed by atoms with Crippen molar-refractivity contribution in [1.82, 2.24) is 4.40 Å². The average Bonchev–Trinajstić information content (AvgIpc) is 3.80. The van der Waals surface area contributed by atoms with E-state index in [0.717, 1.165) is 17.1 Å². The fourth-order valence-corrected chi connectivity index (χ4v) is 8.58. The van der Waals surface area contributed by atoms with Gasteiger partial charge in [0.25, 0.3) is 0 Å². The van der Waals surface area contributed by atoms with Gasteiger partial charge in [-0.1, -0.05) is 170 Å². The van der Waals surface area contributed by atoms with Gasteiger partial charge in [-0.25, -0.2) is 0 Å². The van der Waals surface area contributed by atoms with Crippen LogP contribution in [0.5, 0.6) is 0 Å². The number of hydrogen-bond donors (Lipinski definition) is 0. The van der Waals surface area contributed by atoms with Gasteiger partial charge in [-0.2, -0.15) is 0 Å². The predicted octanol–water partition coefficient (Wildman–Crippen LogP) is 15.0. The van der Waals surface area contributed by atoms with Gasteiger partial charge in [-0.3, -0.25) is 0 Å². The summed E-state index contributed by atoms with van der Waals surface area (Å²) in [5, 5.41) is 5.21. The van der Waals surface area contributed by atoms with Crippen LogP contribution in [0.2, 0.25) is 0 Å². The SMILES string of the molecule is c1ccc(-c2ccc(-c3ccc(N(c4ccc(-c5ccccc5)cc4)c4ccc(-c5ccc6c7cccc8c9ccccc9n(c6c5)c87)cc4)cc3)cc2)cc1. The standard InChI is InChI=1S/C54H36N2/c1-3-10-37(11-4-1)39-18-20-40(21-19-39)42-24-31-46(32-25-42)55(45-29-22-41(23-30-45)38-12-5-2-6-13-38)47-33-26-43(27-34-47)44-28-35-49-51-16-9-15-50-48-14-7-8-17-52(48)56(54(50)51)53(49)36-44/h1-36H. The molecule has 0 unspecified atom stereocenters. The first kappa shape index (κ1) is 32.0. The van der Waals surface area contributed by atoms with Crippen molar-refractivity contribution in [3.8, 4) is 44.5 Å². The summed E-state index contributed by atoms with van der Waals surface area (Å²) in [6.45, 7) is 0. The smallest absolute Gasteiger partial charge is 0.0620 e. The highest BCUT2D eigenvalue weighted by Crippen LogP contribution is 2.41. The van der Waals surface area contributed by atoms with Crippen LogP contribution in [0.25, 0.3) is 82.6 Å². The Labute approximate surface area is 326 Å². The second-order valence-electron chi connectivity index (χ2n) is 14.6. The molecule has 2 nitrogen and oxygen atoms in total. The second kappa shape index (κ2) is 13.2. The third-order valence-electron chi connectivity index (χ3n) is 11.4. The van der Waals surface area contributed by atoms with Gasteiger partial charge in [-0.05, 0) is 93.0 Å². The molecule has 0 N–H and O–H groups in total. The van der Waals surface area contributed by atoms with Crippen molar-refractivity contribution in [2.45, 2.75) is 0 Å². The maximum absolute atomic E-state index is 2.45. The van der Waals surface area contributed by atoms with Gasteiger partial charge in [0, 0.05) is 38.6 Å². The Morgan fingerprint density at radius 1 is 0.250 bits per heavy atom. The zero-order valence-corrected chi connectivity index (χ0v) is 30.7. The Kier molecular flexibility index (Phi) is 7.53. The molecule has 9 aromatic carbocycles. The summed E-state index contributed by atoms with van der Waals surface area (Å²) in [6.07, 6.45) is 0. The van der Waals surface area contributed by atoms with Crippen molar-refractivity contribution < 1.29 is 0 Å². The van der Waals surface area contributed by atoms with E-state index in [1.807, 2.05) is 0 Å². The van der Waals surface area contributed by atoms with E-state index in [2.05, 4.69) is 228 Å². The number of benzene rings is 9. The fourth-order valence-electron chi connectivity index (χ4n) is 8.58. The van der Waals surface area contributed by atoms with Crippen LogP contribution < -0.4 is 4.90 Å². The molecule has 0 atom stereocenters. The van der Waals surface area contributed by atoms with Crippen LogP contribution in [-0.2, 0) is 0 Å². The molecule has 11 aromatic rings. The Bertz CT molecular complexity index is 3120. The van der Waals surface area contributed by atoms with Gasteiger partial charge in [0.15, 0.2) is 0 Å². The average molecular weight is 713 g/mol. The van der Waals surface area contributed by atoms with Gasteiger partial charge in [0.2, 0.25) is 0 Å². The van der Waals surface area contributed by atoms with Gasteiger partial charge in [0.05, 0.1) is 16.6 Å². The minimum atomic E-state index is 1.10. The summed E-state index contributed by atoms with van der Waals surface area (Å²) in [5.41, 5.74) is 16.8. The Morgan fingerprint density at radius 2 is 0.607 bits per heavy atom. The molecule has 0 fully saturated rings. The Balaban J connectivity index is 0.963. The van der Waals surface area contributed by atoms with Crippen LogP contribution >= 0.6 is 0 Å². The number of hydrogen-bond acceptors (Lipinski definition) is 1. The molecule has 11 rings (SSSR count). The van der Waals surface area contributed by atoms with Crippen molar-refractivity contribution in [2.24, 2.45) is 0 Å². The molecule has 0 aliphatic carbocycles. The Morgan fingerprint density at radius 3 is 1.11 bits per heavy atom. The van der Waals surface area contributed by atoms with Gasteiger partial charge in [-0.15, -0.1) is 0 Å². The molecule has 0 saturated carbocycles. The molecule has 0 amide bonds. The molecule has 2 aromatic heterocycles. The number of aromatic nitrogens is 1. The van der Waals surface area contributed by atoms with Crippen LogP contribution in [0.4, 0.5) is 17.1 Å². The molecule has 0 aliphatic heterocycles. The van der Waals surface area contributed by atoms with Crippen LogP contribution in [0.3, 0.4) is 0 Å². The van der Waals surface area contributed by atoms with Crippen molar-refractivity contribution in [3.63, 3.8) is 0 Å². The number of rotatable bonds is 7. The van der Waals surface area contributed by atoms with Crippen LogP contribution in [-0.4, -0.2) is 4.40 Å². The minimum Gasteiger partial charge on any atom is -0.311 e. The third-order valence-corrected chi connectivity index (χ3v) is 11.4. The van der Waals surface area contributed by atoms with Gasteiger partial charge in [0.1, 0.15) is 0 Å². The van der Waals surface area contributed by atoms with Crippen molar-refractivity contribution in [1.29, 1.82) is 0 Å². The number of para-hydroxylation sites is 2. The van der Waals surface area contributed by atoms with Crippen LogP contribution in [0.1, 0.15) is 0 Å². The lowest BCUT2D eigenvalue weighted by Gasteiger charge is -2.26. The fraction of sp³-hybridized carbons (Fsp3) is 0. The molecule has 0 radical (unpaired) electrons. The first-order valence-electron chi connectivity index (χ1n) is 19.3.